The molecule has 0 spiro atoms. The van der Waals surface area contributed by atoms with Crippen molar-refractivity contribution in [3.05, 3.63) is 40.0 Å². The topological polar surface area (TPSA) is 52.3 Å². The summed E-state index contributed by atoms with van der Waals surface area (Å²) in [5.41, 5.74) is 1.34. The number of aromatic nitrogens is 1. The highest BCUT2D eigenvalue weighted by Gasteiger charge is 2.18. The molecule has 2 aromatic rings. The van der Waals surface area contributed by atoms with E-state index in [-0.39, 0.29) is 5.76 Å². The second kappa shape index (κ2) is 4.65. The fourth-order valence-corrected chi connectivity index (χ4v) is 1.87. The molecule has 1 aromatic heterocycles. The normalized spacial score (nSPS) is 10.1. The maximum atomic E-state index is 11.4. The van der Waals surface area contributed by atoms with E-state index < -0.39 is 5.97 Å². The molecule has 5 heteroatoms. The number of hydrogen-bond donors (Lipinski definition) is 0. The van der Waals surface area contributed by atoms with Crippen LogP contribution >= 0.6 is 22.6 Å². The monoisotopic (exact) mass is 329 g/mol. The number of esters is 1. The van der Waals surface area contributed by atoms with Crippen molar-refractivity contribution in [1.29, 1.82) is 0 Å². The van der Waals surface area contributed by atoms with E-state index in [0.29, 0.717) is 5.69 Å². The Balaban J connectivity index is 2.48. The van der Waals surface area contributed by atoms with Crippen LogP contribution in [-0.2, 0) is 4.74 Å². The Bertz CT molecular complexity index is 521. The minimum absolute atomic E-state index is 0.129. The largest absolute Gasteiger partial charge is 0.463 e. The summed E-state index contributed by atoms with van der Waals surface area (Å²) in [6.45, 7) is 0. The quantitative estimate of drug-likeness (QED) is 0.628. The van der Waals surface area contributed by atoms with Crippen molar-refractivity contribution in [2.45, 2.75) is 0 Å². The fourth-order valence-electron chi connectivity index (χ4n) is 1.33. The summed E-state index contributed by atoms with van der Waals surface area (Å²) in [5.74, 6) is -0.393. The lowest BCUT2D eigenvalue weighted by Gasteiger charge is -2.00. The average Bonchev–Trinajstić information content (AvgIpc) is 2.77. The van der Waals surface area contributed by atoms with Gasteiger partial charge in [-0.05, 0) is 34.7 Å². The number of ether oxygens (including phenoxy) is 1. The molecule has 0 aliphatic rings. The highest BCUT2D eigenvalue weighted by atomic mass is 127. The molecule has 0 aliphatic carbocycles. The molecule has 0 saturated carbocycles. The van der Waals surface area contributed by atoms with Crippen LogP contribution in [0.3, 0.4) is 0 Å². The highest BCUT2D eigenvalue weighted by molar-refractivity contribution is 14.1. The van der Waals surface area contributed by atoms with Crippen molar-refractivity contribution in [2.75, 3.05) is 7.11 Å². The van der Waals surface area contributed by atoms with E-state index in [9.17, 15) is 4.79 Å². The highest BCUT2D eigenvalue weighted by Crippen LogP contribution is 2.24. The van der Waals surface area contributed by atoms with Crippen molar-refractivity contribution in [3.63, 3.8) is 0 Å². The summed E-state index contributed by atoms with van der Waals surface area (Å²) in [5, 5.41) is 0. The van der Waals surface area contributed by atoms with Crippen LogP contribution in [0.2, 0.25) is 0 Å². The molecule has 4 nitrogen and oxygen atoms in total. The Hall–Kier alpha value is -1.37. The molecule has 0 saturated heterocycles. The molecule has 0 bridgehead atoms. The number of methoxy groups -OCH3 is 1. The summed E-state index contributed by atoms with van der Waals surface area (Å²) in [6, 6.07) is 7.64. The maximum Gasteiger partial charge on any atom is 0.376 e. The zero-order valence-corrected chi connectivity index (χ0v) is 10.6. The average molecular weight is 329 g/mol. The molecule has 2 rings (SSSR count). The molecular formula is C11H8INO3. The number of benzene rings is 1. The van der Waals surface area contributed by atoms with Crippen LogP contribution in [0.25, 0.3) is 11.3 Å². The minimum Gasteiger partial charge on any atom is -0.463 e. The summed E-state index contributed by atoms with van der Waals surface area (Å²) in [4.78, 5) is 15.4. The first-order valence-electron chi connectivity index (χ1n) is 4.50. The van der Waals surface area contributed by atoms with Crippen molar-refractivity contribution in [3.8, 4) is 11.3 Å². The van der Waals surface area contributed by atoms with E-state index in [2.05, 4.69) is 32.3 Å². The molecule has 0 amide bonds. The SMILES string of the molecule is COC(=O)c1ocnc1-c1cccc(I)c1. The van der Waals surface area contributed by atoms with Gasteiger partial charge in [0.15, 0.2) is 6.39 Å². The number of rotatable bonds is 2. The Morgan fingerprint density at radius 2 is 2.31 bits per heavy atom. The predicted octanol–water partition coefficient (Wildman–Crippen LogP) is 2.73. The Morgan fingerprint density at radius 3 is 3.00 bits per heavy atom. The van der Waals surface area contributed by atoms with Crippen LogP contribution in [0.1, 0.15) is 10.6 Å². The first-order valence-corrected chi connectivity index (χ1v) is 5.58. The van der Waals surface area contributed by atoms with Crippen molar-refractivity contribution < 1.29 is 13.9 Å². The van der Waals surface area contributed by atoms with Gasteiger partial charge in [0.05, 0.1) is 7.11 Å². The number of oxazole rings is 1. The number of hydrogen-bond acceptors (Lipinski definition) is 4. The zero-order valence-electron chi connectivity index (χ0n) is 8.44. The number of nitrogens with zero attached hydrogens (tertiary/aromatic N) is 1. The molecule has 0 aliphatic heterocycles. The Labute approximate surface area is 106 Å². The van der Waals surface area contributed by atoms with Gasteiger partial charge in [-0.15, -0.1) is 0 Å². The van der Waals surface area contributed by atoms with Crippen LogP contribution in [-0.4, -0.2) is 18.1 Å². The standard InChI is InChI=1S/C11H8INO3/c1-15-11(14)10-9(13-6-16-10)7-3-2-4-8(12)5-7/h2-6H,1H3. The third-order valence-electron chi connectivity index (χ3n) is 2.04. The molecule has 0 fully saturated rings. The van der Waals surface area contributed by atoms with Crippen LogP contribution in [0.5, 0.6) is 0 Å². The summed E-state index contributed by atoms with van der Waals surface area (Å²) < 4.78 is 10.7. The van der Waals surface area contributed by atoms with Crippen molar-refractivity contribution in [2.24, 2.45) is 0 Å². The van der Waals surface area contributed by atoms with E-state index in [4.69, 9.17) is 4.42 Å². The molecule has 0 atom stereocenters. The molecular weight excluding hydrogens is 321 g/mol. The molecule has 82 valence electrons. The third-order valence-corrected chi connectivity index (χ3v) is 2.71. The summed E-state index contributed by atoms with van der Waals surface area (Å²) in [6.07, 6.45) is 1.24. The van der Waals surface area contributed by atoms with E-state index in [0.717, 1.165) is 9.13 Å². The molecule has 1 aromatic carbocycles. The fraction of sp³-hybridized carbons (Fsp3) is 0.0909. The molecule has 0 N–H and O–H groups in total. The molecule has 0 radical (unpaired) electrons. The Morgan fingerprint density at radius 1 is 1.50 bits per heavy atom. The second-order valence-electron chi connectivity index (χ2n) is 3.03. The first kappa shape index (κ1) is 11.1. The van der Waals surface area contributed by atoms with Gasteiger partial charge in [0, 0.05) is 9.13 Å². The van der Waals surface area contributed by atoms with Crippen LogP contribution < -0.4 is 0 Å². The second-order valence-corrected chi connectivity index (χ2v) is 4.28. The van der Waals surface area contributed by atoms with Gasteiger partial charge in [-0.2, -0.15) is 0 Å². The van der Waals surface area contributed by atoms with E-state index in [1.54, 1.807) is 0 Å². The molecule has 0 unspecified atom stereocenters. The van der Waals surface area contributed by atoms with Crippen molar-refractivity contribution in [1.82, 2.24) is 4.98 Å². The van der Waals surface area contributed by atoms with Gasteiger partial charge < -0.3 is 9.15 Å². The number of carbonyl (C=O) groups excluding carboxylic acids is 1. The third kappa shape index (κ3) is 2.08. The summed E-state index contributed by atoms with van der Waals surface area (Å²) >= 11 is 2.19. The van der Waals surface area contributed by atoms with Gasteiger partial charge in [-0.3, -0.25) is 0 Å². The van der Waals surface area contributed by atoms with Gasteiger partial charge in [0.1, 0.15) is 5.69 Å². The maximum absolute atomic E-state index is 11.4. The number of carbonyl (C=O) groups is 1. The Kier molecular flexibility index (Phi) is 3.23. The van der Waals surface area contributed by atoms with E-state index in [1.807, 2.05) is 24.3 Å². The number of halogens is 1. The zero-order chi connectivity index (χ0) is 11.5. The van der Waals surface area contributed by atoms with Gasteiger partial charge in [-0.1, -0.05) is 12.1 Å². The predicted molar refractivity (Wildman–Crippen MR) is 66.0 cm³/mol. The van der Waals surface area contributed by atoms with Gasteiger partial charge >= 0.3 is 5.97 Å². The lowest BCUT2D eigenvalue weighted by atomic mass is 10.1. The van der Waals surface area contributed by atoms with Gasteiger partial charge in [-0.25, -0.2) is 9.78 Å². The first-order chi connectivity index (χ1) is 7.72. The van der Waals surface area contributed by atoms with Crippen molar-refractivity contribution >= 4 is 28.6 Å². The van der Waals surface area contributed by atoms with Gasteiger partial charge in [0.25, 0.3) is 0 Å². The van der Waals surface area contributed by atoms with Crippen LogP contribution in [0.15, 0.2) is 35.1 Å². The lowest BCUT2D eigenvalue weighted by molar-refractivity contribution is 0.0566. The van der Waals surface area contributed by atoms with Crippen LogP contribution in [0.4, 0.5) is 0 Å². The van der Waals surface area contributed by atoms with Crippen LogP contribution in [0, 0.1) is 3.57 Å². The molecule has 16 heavy (non-hydrogen) atoms. The smallest absolute Gasteiger partial charge is 0.376 e. The van der Waals surface area contributed by atoms with Gasteiger partial charge in [0.2, 0.25) is 5.76 Å². The van der Waals surface area contributed by atoms with E-state index >= 15 is 0 Å². The molecule has 1 heterocycles. The minimum atomic E-state index is -0.522. The van der Waals surface area contributed by atoms with E-state index in [1.165, 1.54) is 13.5 Å². The summed E-state index contributed by atoms with van der Waals surface area (Å²) in [7, 11) is 1.31. The lowest BCUT2D eigenvalue weighted by Crippen LogP contribution is -2.01.